The first kappa shape index (κ1) is 58.8. The summed E-state index contributed by atoms with van der Waals surface area (Å²) in [6.07, 6.45) is 62.6. The number of hydrogen-bond donors (Lipinski definition) is 3. The standard InChI is InChI=1S/C55H101NO5/c1-3-5-7-9-11-13-15-24-29-33-37-41-45-49-55(60)61-50-46-42-38-34-30-26-23-21-19-17-18-20-22-25-28-32-36-40-44-48-54(59)56-52(51-57)53(58)47-43-39-35-31-27-16-14-12-10-8-6-4-2/h13,15,21,23,26,30,43,47,52-53,57-58H,3-12,14,16-20,22,24-25,27-29,31-42,44-46,48-51H2,1-2H3,(H,56,59)/b15-13-,23-21-,30-26-,47-43+. The minimum atomic E-state index is -0.851. The first-order valence-electron chi connectivity index (χ1n) is 26.4. The molecule has 0 aliphatic heterocycles. The predicted molar refractivity (Wildman–Crippen MR) is 264 cm³/mol. The van der Waals surface area contributed by atoms with Gasteiger partial charge in [-0.3, -0.25) is 9.59 Å². The number of carbonyl (C=O) groups is 2. The number of unbranched alkanes of at least 4 members (excludes halogenated alkanes) is 32. The molecule has 0 radical (unpaired) electrons. The van der Waals surface area contributed by atoms with E-state index in [1.807, 2.05) is 6.08 Å². The molecule has 0 saturated heterocycles. The summed E-state index contributed by atoms with van der Waals surface area (Å²) < 4.78 is 5.43. The summed E-state index contributed by atoms with van der Waals surface area (Å²) in [5.74, 6) is -0.104. The predicted octanol–water partition coefficient (Wildman–Crippen LogP) is 15.8. The Morgan fingerprint density at radius 2 is 0.820 bits per heavy atom. The highest BCUT2D eigenvalue weighted by atomic mass is 16.5. The summed E-state index contributed by atoms with van der Waals surface area (Å²) in [6, 6.07) is -0.635. The number of allylic oxidation sites excluding steroid dienone is 7. The van der Waals surface area contributed by atoms with Crippen LogP contribution in [0, 0.1) is 0 Å². The van der Waals surface area contributed by atoms with Crippen LogP contribution in [0.5, 0.6) is 0 Å². The molecule has 0 aliphatic carbocycles. The van der Waals surface area contributed by atoms with Crippen molar-refractivity contribution in [3.63, 3.8) is 0 Å². The lowest BCUT2D eigenvalue weighted by Crippen LogP contribution is -2.45. The third-order valence-electron chi connectivity index (χ3n) is 11.8. The molecule has 0 aliphatic rings. The van der Waals surface area contributed by atoms with E-state index in [4.69, 9.17) is 4.74 Å². The van der Waals surface area contributed by atoms with Crippen LogP contribution in [-0.2, 0) is 14.3 Å². The molecule has 6 nitrogen and oxygen atoms in total. The van der Waals surface area contributed by atoms with Crippen LogP contribution in [0.1, 0.15) is 264 Å². The van der Waals surface area contributed by atoms with Gasteiger partial charge in [-0.05, 0) is 89.9 Å². The van der Waals surface area contributed by atoms with Crippen molar-refractivity contribution in [1.29, 1.82) is 0 Å². The molecule has 3 N–H and O–H groups in total. The largest absolute Gasteiger partial charge is 0.466 e. The van der Waals surface area contributed by atoms with E-state index < -0.39 is 12.1 Å². The third kappa shape index (κ3) is 47.1. The second-order valence-electron chi connectivity index (χ2n) is 17.9. The van der Waals surface area contributed by atoms with Crippen LogP contribution >= 0.6 is 0 Å². The minimum absolute atomic E-state index is 0.0243. The highest BCUT2D eigenvalue weighted by Gasteiger charge is 2.18. The highest BCUT2D eigenvalue weighted by Crippen LogP contribution is 2.15. The van der Waals surface area contributed by atoms with Crippen LogP contribution in [0.25, 0.3) is 0 Å². The second kappa shape index (κ2) is 50.5. The van der Waals surface area contributed by atoms with E-state index in [0.29, 0.717) is 19.4 Å². The Labute approximate surface area is 378 Å². The van der Waals surface area contributed by atoms with E-state index in [1.54, 1.807) is 6.08 Å². The van der Waals surface area contributed by atoms with Gasteiger partial charge in [-0.1, -0.05) is 210 Å². The zero-order valence-electron chi connectivity index (χ0n) is 40.4. The fraction of sp³-hybridized carbons (Fsp3) is 0.818. The molecule has 0 aromatic carbocycles. The van der Waals surface area contributed by atoms with E-state index >= 15 is 0 Å². The quantitative estimate of drug-likeness (QED) is 0.0245. The molecule has 0 heterocycles. The molecule has 2 unspecified atom stereocenters. The first-order chi connectivity index (χ1) is 30.0. The molecule has 1 amide bonds. The smallest absolute Gasteiger partial charge is 0.305 e. The van der Waals surface area contributed by atoms with E-state index in [-0.39, 0.29) is 18.5 Å². The van der Waals surface area contributed by atoms with Crippen molar-refractivity contribution in [3.8, 4) is 0 Å². The fourth-order valence-corrected chi connectivity index (χ4v) is 7.73. The molecular formula is C55H101NO5. The van der Waals surface area contributed by atoms with Crippen molar-refractivity contribution in [3.05, 3.63) is 48.6 Å². The van der Waals surface area contributed by atoms with Gasteiger partial charge in [0.15, 0.2) is 0 Å². The number of nitrogens with one attached hydrogen (secondary N) is 1. The molecule has 0 fully saturated rings. The number of aliphatic hydroxyl groups excluding tert-OH is 2. The third-order valence-corrected chi connectivity index (χ3v) is 11.8. The van der Waals surface area contributed by atoms with Gasteiger partial charge in [0.2, 0.25) is 5.91 Å². The molecular weight excluding hydrogens is 755 g/mol. The number of hydrogen-bond acceptors (Lipinski definition) is 5. The summed E-state index contributed by atoms with van der Waals surface area (Å²) in [6.45, 7) is 4.82. The van der Waals surface area contributed by atoms with E-state index in [2.05, 4.69) is 55.6 Å². The number of esters is 1. The molecule has 2 atom stereocenters. The Morgan fingerprint density at radius 1 is 0.459 bits per heavy atom. The van der Waals surface area contributed by atoms with E-state index in [9.17, 15) is 19.8 Å². The number of aliphatic hydroxyl groups is 2. The van der Waals surface area contributed by atoms with Crippen molar-refractivity contribution in [2.75, 3.05) is 13.2 Å². The van der Waals surface area contributed by atoms with Crippen LogP contribution < -0.4 is 5.32 Å². The molecule has 356 valence electrons. The lowest BCUT2D eigenvalue weighted by molar-refractivity contribution is -0.143. The Balaban J connectivity index is 3.52. The molecule has 6 heteroatoms. The van der Waals surface area contributed by atoms with Gasteiger partial charge in [0.05, 0.1) is 25.4 Å². The normalized spacial score (nSPS) is 13.0. The summed E-state index contributed by atoms with van der Waals surface area (Å²) >= 11 is 0. The lowest BCUT2D eigenvalue weighted by atomic mass is 10.0. The number of rotatable bonds is 48. The number of ether oxygens (including phenoxy) is 1. The molecule has 0 aromatic heterocycles. The molecule has 0 aromatic rings. The monoisotopic (exact) mass is 856 g/mol. The second-order valence-corrected chi connectivity index (χ2v) is 17.9. The van der Waals surface area contributed by atoms with Gasteiger partial charge < -0.3 is 20.3 Å². The Hall–Kier alpha value is -2.18. The topological polar surface area (TPSA) is 95.9 Å². The average Bonchev–Trinajstić information content (AvgIpc) is 3.26. The van der Waals surface area contributed by atoms with Gasteiger partial charge >= 0.3 is 5.97 Å². The fourth-order valence-electron chi connectivity index (χ4n) is 7.73. The Morgan fingerprint density at radius 3 is 1.28 bits per heavy atom. The van der Waals surface area contributed by atoms with Crippen molar-refractivity contribution in [2.45, 2.75) is 276 Å². The first-order valence-corrected chi connectivity index (χ1v) is 26.4. The zero-order chi connectivity index (χ0) is 44.4. The van der Waals surface area contributed by atoms with Gasteiger partial charge in [-0.25, -0.2) is 0 Å². The molecule has 0 spiro atoms. The zero-order valence-corrected chi connectivity index (χ0v) is 40.4. The van der Waals surface area contributed by atoms with Crippen molar-refractivity contribution in [2.24, 2.45) is 0 Å². The van der Waals surface area contributed by atoms with Gasteiger partial charge in [-0.2, -0.15) is 0 Å². The number of amides is 1. The van der Waals surface area contributed by atoms with Crippen LogP contribution in [0.3, 0.4) is 0 Å². The van der Waals surface area contributed by atoms with E-state index in [0.717, 1.165) is 77.0 Å². The lowest BCUT2D eigenvalue weighted by Gasteiger charge is -2.20. The van der Waals surface area contributed by atoms with Gasteiger partial charge in [-0.15, -0.1) is 0 Å². The molecule has 0 rings (SSSR count). The van der Waals surface area contributed by atoms with Gasteiger partial charge in [0.25, 0.3) is 0 Å². The van der Waals surface area contributed by atoms with Crippen LogP contribution in [0.15, 0.2) is 48.6 Å². The Bertz CT molecular complexity index is 1040. The summed E-state index contributed by atoms with van der Waals surface area (Å²) in [7, 11) is 0. The van der Waals surface area contributed by atoms with E-state index in [1.165, 1.54) is 161 Å². The molecule has 0 saturated carbocycles. The van der Waals surface area contributed by atoms with Gasteiger partial charge in [0.1, 0.15) is 0 Å². The molecule has 61 heavy (non-hydrogen) atoms. The van der Waals surface area contributed by atoms with Crippen molar-refractivity contribution >= 4 is 11.9 Å². The van der Waals surface area contributed by atoms with Gasteiger partial charge in [0, 0.05) is 12.8 Å². The maximum absolute atomic E-state index is 12.4. The average molecular weight is 856 g/mol. The molecule has 0 bridgehead atoms. The summed E-state index contributed by atoms with van der Waals surface area (Å²) in [4.78, 5) is 24.4. The minimum Gasteiger partial charge on any atom is -0.466 e. The SMILES string of the molecule is CCCCCC/C=C\CCCCCCCC(=O)OCCCCC/C=C\C=C/CCCCCCCCCCCCC(=O)NC(CO)C(O)/C=C/CCCCCCCCCCCC. The van der Waals surface area contributed by atoms with Crippen molar-refractivity contribution < 1.29 is 24.5 Å². The maximum Gasteiger partial charge on any atom is 0.305 e. The Kier molecular flexibility index (Phi) is 48.7. The van der Waals surface area contributed by atoms with Crippen molar-refractivity contribution in [1.82, 2.24) is 5.32 Å². The summed E-state index contributed by atoms with van der Waals surface area (Å²) in [5, 5.41) is 23.0. The van der Waals surface area contributed by atoms with Crippen LogP contribution in [0.2, 0.25) is 0 Å². The van der Waals surface area contributed by atoms with Crippen LogP contribution in [-0.4, -0.2) is 47.4 Å². The summed E-state index contributed by atoms with van der Waals surface area (Å²) in [5.41, 5.74) is 0. The van der Waals surface area contributed by atoms with Crippen LogP contribution in [0.4, 0.5) is 0 Å². The number of carbonyl (C=O) groups excluding carboxylic acids is 2. The highest BCUT2D eigenvalue weighted by molar-refractivity contribution is 5.76. The maximum atomic E-state index is 12.4.